The fraction of sp³-hybridized carbons (Fsp3) is 0.500. The topological polar surface area (TPSA) is 92.4 Å². The minimum absolute atomic E-state index is 0.262. The lowest BCUT2D eigenvalue weighted by Gasteiger charge is -2.32. The van der Waals surface area contributed by atoms with Crippen molar-refractivity contribution < 1.29 is 14.7 Å². The van der Waals surface area contributed by atoms with E-state index in [0.717, 1.165) is 24.8 Å². The summed E-state index contributed by atoms with van der Waals surface area (Å²) >= 11 is 0. The molecule has 4 N–H and O–H groups in total. The van der Waals surface area contributed by atoms with Crippen molar-refractivity contribution in [1.29, 1.82) is 0 Å². The fourth-order valence-corrected chi connectivity index (χ4v) is 2.76. The maximum absolute atomic E-state index is 12.3. The van der Waals surface area contributed by atoms with Crippen LogP contribution in [0.25, 0.3) is 0 Å². The molecule has 1 saturated carbocycles. The molecule has 5 heteroatoms. The fourth-order valence-electron chi connectivity index (χ4n) is 2.76. The van der Waals surface area contributed by atoms with Crippen LogP contribution in [0.15, 0.2) is 30.3 Å². The maximum Gasteiger partial charge on any atom is 0.326 e. The van der Waals surface area contributed by atoms with Crippen LogP contribution in [0.1, 0.15) is 37.7 Å². The van der Waals surface area contributed by atoms with Crippen LogP contribution in [0.3, 0.4) is 0 Å². The summed E-state index contributed by atoms with van der Waals surface area (Å²) in [5.41, 5.74) is 6.10. The minimum atomic E-state index is -1.04. The second-order valence-electron chi connectivity index (χ2n) is 5.77. The molecule has 2 rings (SSSR count). The Kier molecular flexibility index (Phi) is 4.96. The highest BCUT2D eigenvalue weighted by Gasteiger charge is 2.37. The Morgan fingerprint density at radius 3 is 2.38 bits per heavy atom. The number of aliphatic carboxylic acids is 1. The van der Waals surface area contributed by atoms with E-state index in [2.05, 4.69) is 5.32 Å². The van der Waals surface area contributed by atoms with Crippen LogP contribution in [-0.4, -0.2) is 28.6 Å². The molecule has 1 amide bonds. The first kappa shape index (κ1) is 15.5. The van der Waals surface area contributed by atoms with Gasteiger partial charge in [-0.1, -0.05) is 49.6 Å². The van der Waals surface area contributed by atoms with E-state index in [1.54, 1.807) is 0 Å². The molecule has 0 aliphatic heterocycles. The van der Waals surface area contributed by atoms with Gasteiger partial charge in [0, 0.05) is 6.42 Å². The summed E-state index contributed by atoms with van der Waals surface area (Å²) in [4.78, 5) is 23.7. The second kappa shape index (κ2) is 6.72. The standard InChI is InChI=1S/C16H22N2O3/c17-16(9-5-2-6-10-16)15(21)18-13(14(19)20)11-12-7-3-1-4-8-12/h1,3-4,7-8,13H,2,5-6,9-11,17H2,(H,18,21)(H,19,20)/t13-/m1/s1. The number of benzene rings is 1. The predicted octanol–water partition coefficient (Wildman–Crippen LogP) is 1.46. The summed E-state index contributed by atoms with van der Waals surface area (Å²) in [6, 6.07) is 8.32. The molecular weight excluding hydrogens is 268 g/mol. The quantitative estimate of drug-likeness (QED) is 0.765. The van der Waals surface area contributed by atoms with Crippen LogP contribution in [0.2, 0.25) is 0 Å². The van der Waals surface area contributed by atoms with Gasteiger partial charge in [-0.05, 0) is 18.4 Å². The molecule has 5 nitrogen and oxygen atoms in total. The van der Waals surface area contributed by atoms with Gasteiger partial charge in [0.1, 0.15) is 6.04 Å². The minimum Gasteiger partial charge on any atom is -0.480 e. The van der Waals surface area contributed by atoms with Gasteiger partial charge in [0.15, 0.2) is 0 Å². The monoisotopic (exact) mass is 290 g/mol. The van der Waals surface area contributed by atoms with Gasteiger partial charge in [-0.15, -0.1) is 0 Å². The Bertz CT molecular complexity index is 496. The molecule has 1 aliphatic carbocycles. The van der Waals surface area contributed by atoms with E-state index < -0.39 is 17.6 Å². The van der Waals surface area contributed by atoms with E-state index in [1.807, 2.05) is 30.3 Å². The van der Waals surface area contributed by atoms with Gasteiger partial charge in [-0.3, -0.25) is 4.79 Å². The molecule has 1 aromatic rings. The number of nitrogens with one attached hydrogen (secondary N) is 1. The highest BCUT2D eigenvalue weighted by Crippen LogP contribution is 2.26. The number of amides is 1. The number of carbonyl (C=O) groups is 2. The molecule has 114 valence electrons. The van der Waals surface area contributed by atoms with E-state index in [0.29, 0.717) is 12.8 Å². The van der Waals surface area contributed by atoms with Crippen molar-refractivity contribution in [3.8, 4) is 0 Å². The van der Waals surface area contributed by atoms with E-state index in [9.17, 15) is 14.7 Å². The van der Waals surface area contributed by atoms with Crippen LogP contribution >= 0.6 is 0 Å². The lowest BCUT2D eigenvalue weighted by molar-refractivity contribution is -0.143. The zero-order valence-corrected chi connectivity index (χ0v) is 12.0. The third-order valence-electron chi connectivity index (χ3n) is 4.08. The van der Waals surface area contributed by atoms with E-state index in [1.165, 1.54) is 0 Å². The number of carboxylic acid groups (broad SMARTS) is 1. The molecule has 1 fully saturated rings. The molecule has 0 saturated heterocycles. The van der Waals surface area contributed by atoms with Crippen molar-refractivity contribution >= 4 is 11.9 Å². The Morgan fingerprint density at radius 2 is 1.81 bits per heavy atom. The van der Waals surface area contributed by atoms with Crippen LogP contribution in [0.5, 0.6) is 0 Å². The SMILES string of the molecule is NC1(C(=O)N[C@H](Cc2ccccc2)C(=O)O)CCCCC1. The molecule has 0 radical (unpaired) electrons. The molecule has 0 spiro atoms. The molecule has 1 aromatic carbocycles. The normalized spacial score (nSPS) is 18.7. The average molecular weight is 290 g/mol. The van der Waals surface area contributed by atoms with Gasteiger partial charge in [-0.25, -0.2) is 4.79 Å². The molecule has 1 aliphatic rings. The first-order valence-corrected chi connectivity index (χ1v) is 7.38. The summed E-state index contributed by atoms with van der Waals surface area (Å²) in [7, 11) is 0. The number of hydrogen-bond donors (Lipinski definition) is 3. The van der Waals surface area contributed by atoms with Crippen molar-refractivity contribution in [2.24, 2.45) is 5.73 Å². The Balaban J connectivity index is 2.02. The third kappa shape index (κ3) is 4.04. The molecule has 0 bridgehead atoms. The first-order valence-electron chi connectivity index (χ1n) is 7.38. The average Bonchev–Trinajstić information content (AvgIpc) is 2.48. The summed E-state index contributed by atoms with van der Waals surface area (Å²) in [6.45, 7) is 0. The number of hydrogen-bond acceptors (Lipinski definition) is 3. The first-order chi connectivity index (χ1) is 10.0. The Morgan fingerprint density at radius 1 is 1.19 bits per heavy atom. The van der Waals surface area contributed by atoms with Gasteiger partial charge in [0.25, 0.3) is 0 Å². The third-order valence-corrected chi connectivity index (χ3v) is 4.08. The van der Waals surface area contributed by atoms with Gasteiger partial charge in [0.05, 0.1) is 5.54 Å². The van der Waals surface area contributed by atoms with Crippen molar-refractivity contribution in [2.75, 3.05) is 0 Å². The highest BCUT2D eigenvalue weighted by molar-refractivity contribution is 5.90. The molecule has 0 aromatic heterocycles. The lowest BCUT2D eigenvalue weighted by atomic mass is 9.81. The summed E-state index contributed by atoms with van der Waals surface area (Å²) in [6.07, 6.45) is 4.42. The highest BCUT2D eigenvalue weighted by atomic mass is 16.4. The van der Waals surface area contributed by atoms with E-state index >= 15 is 0 Å². The molecule has 0 unspecified atom stereocenters. The number of rotatable bonds is 5. The summed E-state index contributed by atoms with van der Waals surface area (Å²) in [5, 5.41) is 11.9. The van der Waals surface area contributed by atoms with Gasteiger partial charge in [-0.2, -0.15) is 0 Å². The number of carboxylic acids is 1. The molecule has 0 heterocycles. The van der Waals surface area contributed by atoms with E-state index in [-0.39, 0.29) is 12.3 Å². The molecule has 21 heavy (non-hydrogen) atoms. The van der Waals surface area contributed by atoms with Crippen molar-refractivity contribution in [1.82, 2.24) is 5.32 Å². The Labute approximate surface area is 124 Å². The zero-order valence-electron chi connectivity index (χ0n) is 12.0. The zero-order chi connectivity index (χ0) is 15.3. The van der Waals surface area contributed by atoms with Crippen molar-refractivity contribution in [3.63, 3.8) is 0 Å². The van der Waals surface area contributed by atoms with E-state index in [4.69, 9.17) is 5.73 Å². The number of nitrogens with two attached hydrogens (primary N) is 1. The maximum atomic E-state index is 12.3. The number of carbonyl (C=O) groups excluding carboxylic acids is 1. The largest absolute Gasteiger partial charge is 0.480 e. The summed E-state index contributed by atoms with van der Waals surface area (Å²) < 4.78 is 0. The molecule has 1 atom stereocenters. The van der Waals surface area contributed by atoms with Crippen LogP contribution in [-0.2, 0) is 16.0 Å². The predicted molar refractivity (Wildman–Crippen MR) is 79.7 cm³/mol. The van der Waals surface area contributed by atoms with Gasteiger partial charge in [0.2, 0.25) is 5.91 Å². The second-order valence-corrected chi connectivity index (χ2v) is 5.77. The molecular formula is C16H22N2O3. The van der Waals surface area contributed by atoms with Gasteiger partial charge < -0.3 is 16.2 Å². The smallest absolute Gasteiger partial charge is 0.326 e. The lowest BCUT2D eigenvalue weighted by Crippen LogP contribution is -2.58. The van der Waals surface area contributed by atoms with Crippen LogP contribution in [0, 0.1) is 0 Å². The van der Waals surface area contributed by atoms with Crippen LogP contribution in [0.4, 0.5) is 0 Å². The van der Waals surface area contributed by atoms with Crippen LogP contribution < -0.4 is 11.1 Å². The van der Waals surface area contributed by atoms with Crippen molar-refractivity contribution in [2.45, 2.75) is 50.1 Å². The van der Waals surface area contributed by atoms with Gasteiger partial charge >= 0.3 is 5.97 Å². The summed E-state index contributed by atoms with van der Waals surface area (Å²) in [5.74, 6) is -1.38. The Hall–Kier alpha value is -1.88. The van der Waals surface area contributed by atoms with Crippen molar-refractivity contribution in [3.05, 3.63) is 35.9 Å².